The van der Waals surface area contributed by atoms with Crippen LogP contribution in [0, 0.1) is 0 Å². The molecule has 2 aromatic rings. The second-order valence-corrected chi connectivity index (χ2v) is 6.10. The molecule has 0 saturated carbocycles. The van der Waals surface area contributed by atoms with Gasteiger partial charge in [0.2, 0.25) is 5.56 Å². The largest absolute Gasteiger partial charge is 0.363 e. The molecule has 1 atom stereocenters. The van der Waals surface area contributed by atoms with Gasteiger partial charge in [-0.1, -0.05) is 0 Å². The molecule has 0 radical (unpaired) electrons. The van der Waals surface area contributed by atoms with Gasteiger partial charge < -0.3 is 20.5 Å². The molecule has 1 aliphatic carbocycles. The first-order chi connectivity index (χ1) is 11.5. The van der Waals surface area contributed by atoms with E-state index in [-0.39, 0.29) is 17.6 Å². The maximum atomic E-state index is 12.2. The number of rotatable bonds is 3. The Kier molecular flexibility index (Phi) is 4.50. The summed E-state index contributed by atoms with van der Waals surface area (Å²) >= 11 is 0. The molecule has 0 aromatic carbocycles. The highest BCUT2D eigenvalue weighted by molar-refractivity contribution is 5.89. The lowest BCUT2D eigenvalue weighted by Crippen LogP contribution is -2.35. The number of hydrogen-bond donors (Lipinski definition) is 3. The molecule has 1 aliphatic rings. The van der Waals surface area contributed by atoms with E-state index in [0.717, 1.165) is 36.3 Å². The summed E-state index contributed by atoms with van der Waals surface area (Å²) in [5.41, 5.74) is 2.43. The maximum Gasteiger partial charge on any atom is 0.319 e. The van der Waals surface area contributed by atoms with Crippen LogP contribution in [0.15, 0.2) is 35.3 Å². The van der Waals surface area contributed by atoms with Crippen molar-refractivity contribution in [2.24, 2.45) is 0 Å². The van der Waals surface area contributed by atoms with Crippen molar-refractivity contribution in [3.63, 3.8) is 0 Å². The Bertz CT molecular complexity index is 782. The monoisotopic (exact) mass is 327 g/mol. The molecule has 0 fully saturated rings. The molecule has 0 aliphatic heterocycles. The minimum Gasteiger partial charge on any atom is -0.363 e. The highest BCUT2D eigenvalue weighted by Crippen LogP contribution is 2.27. The first-order valence-corrected chi connectivity index (χ1v) is 7.96. The van der Waals surface area contributed by atoms with Crippen LogP contribution in [0.4, 0.5) is 16.3 Å². The summed E-state index contributed by atoms with van der Waals surface area (Å²) in [5.74, 6) is 0.825. The normalized spacial score (nSPS) is 16.2. The fourth-order valence-corrected chi connectivity index (χ4v) is 2.90. The smallest absolute Gasteiger partial charge is 0.319 e. The molecular formula is C17H21N5O2. The zero-order valence-electron chi connectivity index (χ0n) is 13.8. The van der Waals surface area contributed by atoms with E-state index < -0.39 is 0 Å². The summed E-state index contributed by atoms with van der Waals surface area (Å²) in [4.78, 5) is 32.7. The SMILES string of the molecule is CN(C)c1ccc(NC(=O)NC2CCCc3[nH]c(=O)ccc32)cn1. The summed E-state index contributed by atoms with van der Waals surface area (Å²) in [6.45, 7) is 0. The second kappa shape index (κ2) is 6.74. The van der Waals surface area contributed by atoms with Gasteiger partial charge in [-0.15, -0.1) is 0 Å². The van der Waals surface area contributed by atoms with Crippen molar-refractivity contribution in [3.05, 3.63) is 52.1 Å². The summed E-state index contributed by atoms with van der Waals surface area (Å²) in [6, 6.07) is 6.58. The lowest BCUT2D eigenvalue weighted by atomic mass is 9.91. The van der Waals surface area contributed by atoms with Crippen molar-refractivity contribution in [1.82, 2.24) is 15.3 Å². The van der Waals surface area contributed by atoms with Crippen LogP contribution in [-0.2, 0) is 6.42 Å². The maximum absolute atomic E-state index is 12.2. The molecule has 7 heteroatoms. The van der Waals surface area contributed by atoms with Crippen LogP contribution in [-0.4, -0.2) is 30.1 Å². The lowest BCUT2D eigenvalue weighted by molar-refractivity contribution is 0.247. The molecule has 0 spiro atoms. The molecule has 7 nitrogen and oxygen atoms in total. The number of H-pyrrole nitrogens is 1. The highest BCUT2D eigenvalue weighted by Gasteiger charge is 2.22. The molecule has 126 valence electrons. The predicted octanol–water partition coefficient (Wildman–Crippen LogP) is 2.03. The fourth-order valence-electron chi connectivity index (χ4n) is 2.90. The number of aromatic amines is 1. The number of carbonyl (C=O) groups excluding carboxylic acids is 1. The predicted molar refractivity (Wildman–Crippen MR) is 93.5 cm³/mol. The highest BCUT2D eigenvalue weighted by atomic mass is 16.2. The number of carbonyl (C=O) groups is 1. The summed E-state index contributed by atoms with van der Waals surface area (Å²) in [7, 11) is 3.82. The van der Waals surface area contributed by atoms with E-state index in [1.165, 1.54) is 6.07 Å². The number of amides is 2. The molecule has 2 heterocycles. The number of nitrogens with one attached hydrogen (secondary N) is 3. The third-order valence-electron chi connectivity index (χ3n) is 4.10. The lowest BCUT2D eigenvalue weighted by Gasteiger charge is -2.26. The number of urea groups is 1. The molecule has 0 saturated heterocycles. The van der Waals surface area contributed by atoms with E-state index in [1.54, 1.807) is 12.3 Å². The van der Waals surface area contributed by atoms with Crippen molar-refractivity contribution < 1.29 is 4.79 Å². The van der Waals surface area contributed by atoms with Crippen LogP contribution in [0.2, 0.25) is 0 Å². The van der Waals surface area contributed by atoms with Crippen molar-refractivity contribution in [1.29, 1.82) is 0 Å². The Morgan fingerprint density at radius 3 is 2.83 bits per heavy atom. The van der Waals surface area contributed by atoms with Crippen LogP contribution < -0.4 is 21.1 Å². The topological polar surface area (TPSA) is 90.1 Å². The van der Waals surface area contributed by atoms with E-state index >= 15 is 0 Å². The van der Waals surface area contributed by atoms with Crippen LogP contribution in [0.1, 0.15) is 30.1 Å². The van der Waals surface area contributed by atoms with Crippen LogP contribution in [0.25, 0.3) is 0 Å². The van der Waals surface area contributed by atoms with Gasteiger partial charge in [0, 0.05) is 25.9 Å². The number of aromatic nitrogens is 2. The van der Waals surface area contributed by atoms with Crippen LogP contribution in [0.5, 0.6) is 0 Å². The molecule has 2 aromatic heterocycles. The third kappa shape index (κ3) is 3.56. The number of pyridine rings is 2. The Morgan fingerprint density at radius 2 is 2.12 bits per heavy atom. The number of aryl methyl sites for hydroxylation is 1. The molecule has 1 unspecified atom stereocenters. The molecular weight excluding hydrogens is 306 g/mol. The fraction of sp³-hybridized carbons (Fsp3) is 0.353. The zero-order valence-corrected chi connectivity index (χ0v) is 13.8. The minimum atomic E-state index is -0.279. The van der Waals surface area contributed by atoms with Gasteiger partial charge >= 0.3 is 6.03 Å². The Labute approximate surface area is 140 Å². The molecule has 24 heavy (non-hydrogen) atoms. The Balaban J connectivity index is 1.66. The van der Waals surface area contributed by atoms with Gasteiger partial charge in [-0.05, 0) is 43.0 Å². The first-order valence-electron chi connectivity index (χ1n) is 7.96. The quantitative estimate of drug-likeness (QED) is 0.804. The standard InChI is InChI=1S/C17H21N5O2/c1-22(2)15-8-6-11(10-18-15)19-17(24)21-14-5-3-4-13-12(14)7-9-16(23)20-13/h6-10,14H,3-5H2,1-2H3,(H,20,23)(H2,19,21,24). The third-order valence-corrected chi connectivity index (χ3v) is 4.10. The van der Waals surface area contributed by atoms with E-state index in [9.17, 15) is 9.59 Å². The van der Waals surface area contributed by atoms with Crippen molar-refractivity contribution >= 4 is 17.5 Å². The first kappa shape index (κ1) is 16.0. The van der Waals surface area contributed by atoms with Gasteiger partial charge in [0.05, 0.1) is 17.9 Å². The molecule has 0 bridgehead atoms. The van der Waals surface area contributed by atoms with Crippen molar-refractivity contribution in [3.8, 4) is 0 Å². The number of anilines is 2. The number of fused-ring (bicyclic) bond motifs is 1. The van der Waals surface area contributed by atoms with Gasteiger partial charge in [-0.25, -0.2) is 9.78 Å². The zero-order chi connectivity index (χ0) is 17.1. The van der Waals surface area contributed by atoms with Crippen molar-refractivity contribution in [2.45, 2.75) is 25.3 Å². The average Bonchev–Trinajstić information content (AvgIpc) is 2.55. The van der Waals surface area contributed by atoms with Gasteiger partial charge in [0.1, 0.15) is 5.82 Å². The van der Waals surface area contributed by atoms with Crippen molar-refractivity contribution in [2.75, 3.05) is 24.3 Å². The van der Waals surface area contributed by atoms with E-state index in [4.69, 9.17) is 0 Å². The van der Waals surface area contributed by atoms with Crippen LogP contribution >= 0.6 is 0 Å². The van der Waals surface area contributed by atoms with Gasteiger partial charge in [0.15, 0.2) is 0 Å². The molecule has 3 N–H and O–H groups in total. The minimum absolute atomic E-state index is 0.0976. The van der Waals surface area contributed by atoms with Gasteiger partial charge in [0.25, 0.3) is 0 Å². The Morgan fingerprint density at radius 1 is 1.29 bits per heavy atom. The number of nitrogens with zero attached hydrogens (tertiary/aromatic N) is 2. The summed E-state index contributed by atoms with van der Waals surface area (Å²) in [5, 5.41) is 5.76. The second-order valence-electron chi connectivity index (χ2n) is 6.10. The molecule has 2 amide bonds. The van der Waals surface area contributed by atoms with E-state index in [0.29, 0.717) is 5.69 Å². The van der Waals surface area contributed by atoms with Gasteiger partial charge in [-0.3, -0.25) is 4.79 Å². The van der Waals surface area contributed by atoms with E-state index in [2.05, 4.69) is 20.6 Å². The van der Waals surface area contributed by atoms with E-state index in [1.807, 2.05) is 31.1 Å². The summed E-state index contributed by atoms with van der Waals surface area (Å²) in [6.07, 6.45) is 4.24. The molecule has 3 rings (SSSR count). The Hall–Kier alpha value is -2.83. The summed E-state index contributed by atoms with van der Waals surface area (Å²) < 4.78 is 0. The van der Waals surface area contributed by atoms with Gasteiger partial charge in [-0.2, -0.15) is 0 Å². The average molecular weight is 327 g/mol. The number of hydrogen-bond acceptors (Lipinski definition) is 4. The van der Waals surface area contributed by atoms with Crippen LogP contribution in [0.3, 0.4) is 0 Å².